The van der Waals surface area contributed by atoms with Crippen molar-refractivity contribution in [2.45, 2.75) is 291 Å². The van der Waals surface area contributed by atoms with E-state index in [9.17, 15) is 61.0 Å². The Morgan fingerprint density at radius 1 is 0.420 bits per heavy atom. The number of carbonyl (C=O) groups is 1. The normalized spacial score (nSPS) is 29.1. The summed E-state index contributed by atoms with van der Waals surface area (Å²) in [6.45, 7) is 1.55. The van der Waals surface area contributed by atoms with Crippen molar-refractivity contribution < 1.29 is 89.4 Å². The molecule has 0 radical (unpaired) electrons. The van der Waals surface area contributed by atoms with Crippen molar-refractivity contribution >= 4 is 5.91 Å². The highest BCUT2D eigenvalue weighted by Gasteiger charge is 2.53. The summed E-state index contributed by atoms with van der Waals surface area (Å²) in [5, 5.41) is 120. The first-order chi connectivity index (χ1) is 42.8. The number of aliphatic hydroxyl groups is 11. The molecular formula is C69H115NO18. The molecule has 19 heteroatoms. The minimum atomic E-state index is -1.99. The first-order valence-electron chi connectivity index (χ1n) is 33.1. The Balaban J connectivity index is 1.47. The minimum absolute atomic E-state index is 0.205. The molecule has 3 aliphatic rings. The number of allylic oxidation sites excluding steroid dienone is 17. The Kier molecular flexibility index (Phi) is 44.8. The molecule has 88 heavy (non-hydrogen) atoms. The number of hydrogen-bond acceptors (Lipinski definition) is 18. The molecule has 3 fully saturated rings. The first kappa shape index (κ1) is 78.7. The van der Waals surface area contributed by atoms with E-state index in [-0.39, 0.29) is 18.9 Å². The van der Waals surface area contributed by atoms with Gasteiger partial charge in [-0.15, -0.1) is 0 Å². The molecule has 0 aromatic carbocycles. The third-order valence-electron chi connectivity index (χ3n) is 15.8. The fourth-order valence-corrected chi connectivity index (χ4v) is 10.4. The fourth-order valence-electron chi connectivity index (χ4n) is 10.4. The van der Waals surface area contributed by atoms with Crippen molar-refractivity contribution in [2.75, 3.05) is 26.4 Å². The van der Waals surface area contributed by atoms with Gasteiger partial charge in [-0.3, -0.25) is 4.79 Å². The molecule has 1 amide bonds. The molecule has 0 bridgehead atoms. The summed E-state index contributed by atoms with van der Waals surface area (Å²) in [5.41, 5.74) is 0. The second-order valence-electron chi connectivity index (χ2n) is 23.2. The van der Waals surface area contributed by atoms with Crippen LogP contribution in [-0.4, -0.2) is 193 Å². The van der Waals surface area contributed by atoms with Crippen molar-refractivity contribution in [3.05, 3.63) is 109 Å². The monoisotopic (exact) mass is 1250 g/mol. The van der Waals surface area contributed by atoms with Crippen LogP contribution in [0.2, 0.25) is 0 Å². The number of carbonyl (C=O) groups excluding carboxylic acids is 1. The maximum Gasteiger partial charge on any atom is 0.220 e. The van der Waals surface area contributed by atoms with E-state index >= 15 is 0 Å². The Bertz CT molecular complexity index is 2020. The lowest BCUT2D eigenvalue weighted by atomic mass is 9.96. The first-order valence-corrected chi connectivity index (χ1v) is 33.1. The molecular weight excluding hydrogens is 1130 g/mol. The van der Waals surface area contributed by atoms with Gasteiger partial charge in [0.15, 0.2) is 18.9 Å². The largest absolute Gasteiger partial charge is 0.394 e. The van der Waals surface area contributed by atoms with Gasteiger partial charge in [-0.05, 0) is 89.9 Å². The van der Waals surface area contributed by atoms with Gasteiger partial charge >= 0.3 is 0 Å². The second kappa shape index (κ2) is 50.1. The molecule has 504 valence electrons. The zero-order valence-corrected chi connectivity index (χ0v) is 52.9. The number of ether oxygens (including phenoxy) is 6. The maximum absolute atomic E-state index is 13.4. The van der Waals surface area contributed by atoms with E-state index < -0.39 is 124 Å². The SMILES string of the molecule is CC/C=C\C/C=C\C/C=C\C/C=C\C/C=C\C/C=C\C/C=C\CCCCCCCC(=O)NC(COC1OC(CO)C(OC2OC(CO)C(OC3OC(CO)C(O)C(O)C3O)C(O)C2O)C(O)C1O)C(O)/C=C/CC/C=C/CCCCCCCCCCCC. The zero-order chi connectivity index (χ0) is 64.0. The molecule has 19 nitrogen and oxygen atoms in total. The van der Waals surface area contributed by atoms with E-state index in [1.54, 1.807) is 6.08 Å². The van der Waals surface area contributed by atoms with Crippen LogP contribution >= 0.6 is 0 Å². The van der Waals surface area contributed by atoms with E-state index in [1.807, 2.05) is 6.08 Å². The number of nitrogens with one attached hydrogen (secondary N) is 1. The van der Waals surface area contributed by atoms with Crippen LogP contribution in [0.1, 0.15) is 187 Å². The molecule has 3 aliphatic heterocycles. The summed E-state index contributed by atoms with van der Waals surface area (Å²) < 4.78 is 34.3. The zero-order valence-electron chi connectivity index (χ0n) is 52.9. The van der Waals surface area contributed by atoms with Crippen LogP contribution < -0.4 is 5.32 Å². The predicted molar refractivity (Wildman–Crippen MR) is 341 cm³/mol. The molecule has 0 aromatic heterocycles. The second-order valence-corrected chi connectivity index (χ2v) is 23.2. The Hall–Kier alpha value is -3.55. The highest BCUT2D eigenvalue weighted by Crippen LogP contribution is 2.33. The molecule has 3 rings (SSSR count). The van der Waals surface area contributed by atoms with Crippen LogP contribution in [-0.2, 0) is 33.2 Å². The number of hydrogen-bond donors (Lipinski definition) is 12. The van der Waals surface area contributed by atoms with Gasteiger partial charge in [0.2, 0.25) is 5.91 Å². The van der Waals surface area contributed by atoms with Gasteiger partial charge in [-0.1, -0.05) is 200 Å². The highest BCUT2D eigenvalue weighted by atomic mass is 16.8. The number of rotatable bonds is 48. The maximum atomic E-state index is 13.4. The fraction of sp³-hybridized carbons (Fsp3) is 0.725. The lowest BCUT2D eigenvalue weighted by Gasteiger charge is -2.48. The lowest BCUT2D eigenvalue weighted by molar-refractivity contribution is -0.379. The van der Waals surface area contributed by atoms with Crippen LogP contribution in [0.5, 0.6) is 0 Å². The van der Waals surface area contributed by atoms with Crippen molar-refractivity contribution in [3.8, 4) is 0 Å². The highest BCUT2D eigenvalue weighted by molar-refractivity contribution is 5.76. The van der Waals surface area contributed by atoms with Gasteiger partial charge in [0.1, 0.15) is 73.2 Å². The van der Waals surface area contributed by atoms with Gasteiger partial charge in [0, 0.05) is 6.42 Å². The summed E-state index contributed by atoms with van der Waals surface area (Å²) in [7, 11) is 0. The minimum Gasteiger partial charge on any atom is -0.394 e. The topological polar surface area (TPSA) is 307 Å². The Morgan fingerprint density at radius 2 is 0.795 bits per heavy atom. The van der Waals surface area contributed by atoms with Gasteiger partial charge < -0.3 is 89.9 Å². The van der Waals surface area contributed by atoms with Crippen LogP contribution in [0.15, 0.2) is 109 Å². The van der Waals surface area contributed by atoms with Crippen molar-refractivity contribution in [1.29, 1.82) is 0 Å². The summed E-state index contributed by atoms with van der Waals surface area (Å²) in [6, 6.07) is -1.01. The van der Waals surface area contributed by atoms with Crippen molar-refractivity contribution in [1.82, 2.24) is 5.32 Å². The standard InChI is InChI=1S/C69H115NO18/c1-3-5-7-9-11-13-15-17-19-21-22-23-24-25-26-27-28-29-30-31-33-35-37-39-41-43-45-47-57(75)70-52(53(74)46-44-42-40-38-36-34-32-20-18-16-14-12-10-8-6-4-2)51-83-67-63(81)60(78)65(55(49-72)85-67)88-69-64(82)61(79)66(56(50-73)86-69)87-68-62(80)59(77)58(76)54(48-71)84-68/h5,7,11,13,17,19,22-23,25-26,28-29,31,33,36,38,44,46,52-56,58-69,71-74,76-82H,3-4,6,8-10,12,14-16,18,20-21,24,27,30,32,34-35,37,39-43,45,47-51H2,1-2H3,(H,70,75)/b7-5-,13-11-,19-17-,23-22-,26-25-,29-28-,33-31-,38-36+,46-44+. The quantitative estimate of drug-likeness (QED) is 0.0204. The number of aliphatic hydroxyl groups excluding tert-OH is 11. The number of unbranched alkanes of at least 4 members (excludes halogenated alkanes) is 16. The van der Waals surface area contributed by atoms with E-state index in [1.165, 1.54) is 57.8 Å². The molecule has 0 saturated carbocycles. The summed E-state index contributed by atoms with van der Waals surface area (Å²) in [4.78, 5) is 13.4. The van der Waals surface area contributed by atoms with E-state index in [4.69, 9.17) is 28.4 Å². The van der Waals surface area contributed by atoms with Gasteiger partial charge in [-0.2, -0.15) is 0 Å². The predicted octanol–water partition coefficient (Wildman–Crippen LogP) is 7.88. The van der Waals surface area contributed by atoms with E-state index in [2.05, 4.69) is 116 Å². The molecule has 17 atom stereocenters. The summed E-state index contributed by atoms with van der Waals surface area (Å²) in [6.07, 6.45) is 39.1. The van der Waals surface area contributed by atoms with Crippen molar-refractivity contribution in [3.63, 3.8) is 0 Å². The van der Waals surface area contributed by atoms with Crippen molar-refractivity contribution in [2.24, 2.45) is 0 Å². The average molecular weight is 1250 g/mol. The molecule has 17 unspecified atom stereocenters. The lowest BCUT2D eigenvalue weighted by Crippen LogP contribution is -2.66. The van der Waals surface area contributed by atoms with Gasteiger partial charge in [0.05, 0.1) is 38.6 Å². The van der Waals surface area contributed by atoms with Crippen LogP contribution in [0.4, 0.5) is 0 Å². The van der Waals surface area contributed by atoms with E-state index in [0.29, 0.717) is 12.8 Å². The van der Waals surface area contributed by atoms with Crippen LogP contribution in [0.3, 0.4) is 0 Å². The average Bonchev–Trinajstić information content (AvgIpc) is 3.39. The summed E-state index contributed by atoms with van der Waals surface area (Å²) in [5.74, 6) is -0.310. The number of amides is 1. The van der Waals surface area contributed by atoms with Gasteiger partial charge in [-0.25, -0.2) is 0 Å². The third kappa shape index (κ3) is 32.1. The van der Waals surface area contributed by atoms with E-state index in [0.717, 1.165) is 96.3 Å². The molecule has 3 saturated heterocycles. The summed E-state index contributed by atoms with van der Waals surface area (Å²) >= 11 is 0. The molecule has 3 heterocycles. The Labute approximate surface area is 525 Å². The molecule has 0 spiro atoms. The molecule has 0 aliphatic carbocycles. The smallest absolute Gasteiger partial charge is 0.220 e. The Morgan fingerprint density at radius 3 is 1.27 bits per heavy atom. The van der Waals surface area contributed by atoms with Crippen LogP contribution in [0.25, 0.3) is 0 Å². The van der Waals surface area contributed by atoms with Gasteiger partial charge in [0.25, 0.3) is 0 Å². The molecule has 12 N–H and O–H groups in total. The van der Waals surface area contributed by atoms with Crippen LogP contribution in [0, 0.1) is 0 Å². The third-order valence-corrected chi connectivity index (χ3v) is 15.8. The molecule has 0 aromatic rings.